The zero-order valence-corrected chi connectivity index (χ0v) is 15.8. The average molecular weight is 422 g/mol. The summed E-state index contributed by atoms with van der Waals surface area (Å²) in [6.45, 7) is 4.41. The number of carbonyl (C=O) groups is 1. The molecule has 2 aromatic carbocycles. The van der Waals surface area contributed by atoms with E-state index in [9.17, 15) is 4.79 Å². The standard InChI is InChI=1S/C19H18Br2O/c1-18(2)12-19(21,16(20)13-8-4-3-5-9-13)17(22)14-10-6-7-11-15(14)18/h3-11,16H,12H2,1-2H3/t16-,19-/m1/s1. The lowest BCUT2D eigenvalue weighted by molar-refractivity contribution is 0.0908. The van der Waals surface area contributed by atoms with E-state index in [1.807, 2.05) is 36.4 Å². The van der Waals surface area contributed by atoms with Crippen LogP contribution in [0.1, 0.15) is 46.6 Å². The number of halogens is 2. The molecule has 0 N–H and O–H groups in total. The first-order valence-corrected chi connectivity index (χ1v) is 9.09. The zero-order valence-electron chi connectivity index (χ0n) is 12.6. The summed E-state index contributed by atoms with van der Waals surface area (Å²) >= 11 is 7.59. The van der Waals surface area contributed by atoms with Crippen LogP contribution in [0.4, 0.5) is 0 Å². The molecule has 3 rings (SSSR count). The number of carbonyl (C=O) groups excluding carboxylic acids is 1. The van der Waals surface area contributed by atoms with Crippen molar-refractivity contribution in [3.05, 3.63) is 71.3 Å². The van der Waals surface area contributed by atoms with E-state index in [2.05, 4.69) is 63.9 Å². The van der Waals surface area contributed by atoms with E-state index in [-0.39, 0.29) is 16.0 Å². The Hall–Kier alpha value is -0.930. The highest BCUT2D eigenvalue weighted by Gasteiger charge is 2.51. The molecule has 0 saturated carbocycles. The third-order valence-electron chi connectivity index (χ3n) is 4.47. The molecule has 1 aliphatic carbocycles. The Morgan fingerprint density at radius 3 is 2.27 bits per heavy atom. The summed E-state index contributed by atoms with van der Waals surface area (Å²) in [5.74, 6) is 0.160. The van der Waals surface area contributed by atoms with Crippen molar-refractivity contribution in [1.82, 2.24) is 0 Å². The maximum Gasteiger partial charge on any atom is 0.181 e. The molecule has 0 aliphatic heterocycles. The molecule has 114 valence electrons. The van der Waals surface area contributed by atoms with Crippen molar-refractivity contribution in [3.63, 3.8) is 0 Å². The third kappa shape index (κ3) is 2.48. The molecule has 0 unspecified atom stereocenters. The fourth-order valence-electron chi connectivity index (χ4n) is 3.40. The van der Waals surface area contributed by atoms with Crippen molar-refractivity contribution in [2.75, 3.05) is 0 Å². The SMILES string of the molecule is CC1(C)C[C@@](Br)([C@H](Br)c2ccccc2)C(=O)c2ccccc21. The molecule has 0 radical (unpaired) electrons. The van der Waals surface area contributed by atoms with Crippen LogP contribution in [0.3, 0.4) is 0 Å². The first kappa shape index (κ1) is 15.9. The number of hydrogen-bond donors (Lipinski definition) is 0. The number of hydrogen-bond acceptors (Lipinski definition) is 1. The molecular formula is C19H18Br2O. The highest BCUT2D eigenvalue weighted by Crippen LogP contribution is 2.53. The summed E-state index contributed by atoms with van der Waals surface area (Å²) in [6.07, 6.45) is 0.751. The van der Waals surface area contributed by atoms with E-state index in [0.29, 0.717) is 0 Å². The van der Waals surface area contributed by atoms with Gasteiger partial charge in [0.05, 0.1) is 4.83 Å². The first-order valence-electron chi connectivity index (χ1n) is 7.38. The molecule has 0 heterocycles. The van der Waals surface area contributed by atoms with Crippen LogP contribution in [0.25, 0.3) is 0 Å². The average Bonchev–Trinajstić information content (AvgIpc) is 2.52. The topological polar surface area (TPSA) is 17.1 Å². The number of benzene rings is 2. The van der Waals surface area contributed by atoms with E-state index >= 15 is 0 Å². The number of ketones is 1. The van der Waals surface area contributed by atoms with Gasteiger partial charge in [0.25, 0.3) is 0 Å². The Morgan fingerprint density at radius 2 is 1.59 bits per heavy atom. The second kappa shape index (κ2) is 5.61. The Balaban J connectivity index is 2.11. The Morgan fingerprint density at radius 1 is 1.00 bits per heavy atom. The van der Waals surface area contributed by atoms with Crippen molar-refractivity contribution in [3.8, 4) is 0 Å². The van der Waals surface area contributed by atoms with Crippen LogP contribution >= 0.6 is 31.9 Å². The molecule has 0 aromatic heterocycles. The van der Waals surface area contributed by atoms with Gasteiger partial charge in [-0.1, -0.05) is 100 Å². The lowest BCUT2D eigenvalue weighted by atomic mass is 9.66. The largest absolute Gasteiger partial charge is 0.293 e. The minimum atomic E-state index is -0.633. The Kier molecular flexibility index (Phi) is 4.07. The van der Waals surface area contributed by atoms with Gasteiger partial charge in [0.1, 0.15) is 4.32 Å². The van der Waals surface area contributed by atoms with Crippen LogP contribution in [-0.4, -0.2) is 10.1 Å². The molecule has 0 saturated heterocycles. The lowest BCUT2D eigenvalue weighted by Gasteiger charge is -2.44. The van der Waals surface area contributed by atoms with Crippen LogP contribution < -0.4 is 0 Å². The summed E-state index contributed by atoms with van der Waals surface area (Å²) in [7, 11) is 0. The van der Waals surface area contributed by atoms with E-state index in [0.717, 1.165) is 23.1 Å². The van der Waals surface area contributed by atoms with Crippen LogP contribution in [-0.2, 0) is 5.41 Å². The van der Waals surface area contributed by atoms with Gasteiger partial charge in [0.2, 0.25) is 0 Å². The normalized spacial score (nSPS) is 24.6. The lowest BCUT2D eigenvalue weighted by Crippen LogP contribution is -2.47. The minimum Gasteiger partial charge on any atom is -0.293 e. The second-order valence-corrected chi connectivity index (χ2v) is 8.90. The quantitative estimate of drug-likeness (QED) is 0.558. The fourth-order valence-corrected chi connectivity index (χ4v) is 5.26. The van der Waals surface area contributed by atoms with E-state index < -0.39 is 4.32 Å². The first-order chi connectivity index (χ1) is 10.4. The number of alkyl halides is 2. The van der Waals surface area contributed by atoms with Gasteiger partial charge in [-0.2, -0.15) is 0 Å². The van der Waals surface area contributed by atoms with Crippen LogP contribution in [0.15, 0.2) is 54.6 Å². The fraction of sp³-hybridized carbons (Fsp3) is 0.316. The summed E-state index contributed by atoms with van der Waals surface area (Å²) in [4.78, 5) is 13.1. The van der Waals surface area contributed by atoms with Gasteiger partial charge < -0.3 is 0 Å². The zero-order chi connectivity index (χ0) is 16.0. The third-order valence-corrected chi connectivity index (χ3v) is 7.49. The maximum absolute atomic E-state index is 13.2. The summed E-state index contributed by atoms with van der Waals surface area (Å²) < 4.78 is -0.633. The molecule has 0 spiro atoms. The maximum atomic E-state index is 13.2. The van der Waals surface area contributed by atoms with Crippen molar-refractivity contribution in [1.29, 1.82) is 0 Å². The Bertz CT molecular complexity index is 708. The predicted octanol–water partition coefficient (Wildman–Crippen LogP) is 5.82. The summed E-state index contributed by atoms with van der Waals surface area (Å²) in [5.41, 5.74) is 3.02. The van der Waals surface area contributed by atoms with Gasteiger partial charge in [-0.15, -0.1) is 0 Å². The monoisotopic (exact) mass is 420 g/mol. The van der Waals surface area contributed by atoms with Gasteiger partial charge in [0.15, 0.2) is 5.78 Å². The molecular weight excluding hydrogens is 404 g/mol. The summed E-state index contributed by atoms with van der Waals surface area (Å²) in [5, 5.41) is 0. The Labute approximate surface area is 148 Å². The van der Waals surface area contributed by atoms with Crippen molar-refractivity contribution in [2.24, 2.45) is 0 Å². The van der Waals surface area contributed by atoms with Crippen molar-refractivity contribution < 1.29 is 4.79 Å². The molecule has 2 atom stereocenters. The van der Waals surface area contributed by atoms with E-state index in [1.165, 1.54) is 0 Å². The molecule has 0 fully saturated rings. The van der Waals surface area contributed by atoms with E-state index in [4.69, 9.17) is 0 Å². The van der Waals surface area contributed by atoms with Gasteiger partial charge in [-0.25, -0.2) is 0 Å². The smallest absolute Gasteiger partial charge is 0.181 e. The molecule has 1 aliphatic rings. The van der Waals surface area contributed by atoms with Crippen LogP contribution in [0.5, 0.6) is 0 Å². The minimum absolute atomic E-state index is 0.0607. The number of fused-ring (bicyclic) bond motifs is 1. The number of Topliss-reactive ketones (excluding diaryl/α,β-unsaturated/α-hetero) is 1. The van der Waals surface area contributed by atoms with Gasteiger partial charge in [-0.05, 0) is 23.0 Å². The molecule has 22 heavy (non-hydrogen) atoms. The van der Waals surface area contributed by atoms with Gasteiger partial charge >= 0.3 is 0 Å². The van der Waals surface area contributed by atoms with Crippen LogP contribution in [0.2, 0.25) is 0 Å². The predicted molar refractivity (Wildman–Crippen MR) is 98.2 cm³/mol. The highest BCUT2D eigenvalue weighted by atomic mass is 79.9. The molecule has 1 nitrogen and oxygen atoms in total. The molecule has 0 amide bonds. The highest BCUT2D eigenvalue weighted by molar-refractivity contribution is 9.12. The molecule has 2 aromatic rings. The number of rotatable bonds is 2. The molecule has 0 bridgehead atoms. The van der Waals surface area contributed by atoms with Gasteiger partial charge in [0, 0.05) is 5.56 Å². The van der Waals surface area contributed by atoms with Gasteiger partial charge in [-0.3, -0.25) is 4.79 Å². The van der Waals surface area contributed by atoms with Crippen molar-refractivity contribution >= 4 is 37.6 Å². The van der Waals surface area contributed by atoms with E-state index in [1.54, 1.807) is 0 Å². The van der Waals surface area contributed by atoms with Crippen molar-refractivity contribution in [2.45, 2.75) is 34.8 Å². The van der Waals surface area contributed by atoms with Crippen LogP contribution in [0, 0.1) is 0 Å². The molecule has 3 heteroatoms. The second-order valence-electron chi connectivity index (χ2n) is 6.57. The summed E-state index contributed by atoms with van der Waals surface area (Å²) in [6, 6.07) is 18.1.